The number of carbonyl (C=O) groups excluding carboxylic acids is 1. The van der Waals surface area contributed by atoms with Gasteiger partial charge in [0.15, 0.2) is 11.5 Å². The van der Waals surface area contributed by atoms with Crippen molar-refractivity contribution in [2.24, 2.45) is 16.3 Å². The first-order chi connectivity index (χ1) is 15.5. The molecule has 1 amide bonds. The van der Waals surface area contributed by atoms with Crippen molar-refractivity contribution in [2.75, 3.05) is 14.2 Å². The topological polar surface area (TPSA) is 72.8 Å². The van der Waals surface area contributed by atoms with Crippen LogP contribution in [0, 0.1) is 11.3 Å². The summed E-state index contributed by atoms with van der Waals surface area (Å²) in [6, 6.07) is 9.64. The standard InChI is InChI=1S/C26H31N3O3/c1-26(25(30)29-15-18-10-11-22(31-2)23(13-18)32-3)14-21(20-9-6-12-27-16-20)17-28-24(26)19-7-4-5-8-19/h6,9-13,16-17,19H,4-5,7-8,14-15H2,1-3H3,(H,29,30). The molecule has 4 rings (SSSR count). The molecule has 1 aromatic carbocycles. The van der Waals surface area contributed by atoms with Crippen LogP contribution in [0.1, 0.15) is 50.2 Å². The number of amides is 1. The van der Waals surface area contributed by atoms with Gasteiger partial charge >= 0.3 is 0 Å². The highest BCUT2D eigenvalue weighted by molar-refractivity contribution is 6.11. The third kappa shape index (κ3) is 4.40. The Morgan fingerprint density at radius 3 is 2.62 bits per heavy atom. The Bertz CT molecular complexity index is 1030. The number of aromatic nitrogens is 1. The van der Waals surface area contributed by atoms with Crippen molar-refractivity contribution in [1.82, 2.24) is 10.3 Å². The molecule has 32 heavy (non-hydrogen) atoms. The maximum atomic E-state index is 13.6. The predicted molar refractivity (Wildman–Crippen MR) is 126 cm³/mol. The van der Waals surface area contributed by atoms with E-state index >= 15 is 0 Å². The molecule has 1 fully saturated rings. The zero-order valence-electron chi connectivity index (χ0n) is 19.1. The number of allylic oxidation sites excluding steroid dienone is 1. The van der Waals surface area contributed by atoms with Crippen LogP contribution >= 0.6 is 0 Å². The van der Waals surface area contributed by atoms with Crippen molar-refractivity contribution in [3.8, 4) is 11.5 Å². The van der Waals surface area contributed by atoms with E-state index in [-0.39, 0.29) is 5.91 Å². The highest BCUT2D eigenvalue weighted by Crippen LogP contribution is 2.42. The van der Waals surface area contributed by atoms with Gasteiger partial charge in [0.05, 0.1) is 19.6 Å². The SMILES string of the molecule is COc1ccc(CNC(=O)C2(C)CC(c3cccnc3)=CN=C2C2CCCC2)cc1OC. The quantitative estimate of drug-likeness (QED) is 0.681. The van der Waals surface area contributed by atoms with Crippen LogP contribution in [-0.4, -0.2) is 30.8 Å². The molecule has 1 atom stereocenters. The van der Waals surface area contributed by atoms with Crippen LogP contribution in [0.2, 0.25) is 0 Å². The number of benzene rings is 1. The van der Waals surface area contributed by atoms with Gasteiger partial charge in [0.1, 0.15) is 0 Å². The van der Waals surface area contributed by atoms with Crippen LogP contribution in [0.25, 0.3) is 5.57 Å². The highest BCUT2D eigenvalue weighted by Gasteiger charge is 2.44. The lowest BCUT2D eigenvalue weighted by Gasteiger charge is -2.36. The molecule has 6 nitrogen and oxygen atoms in total. The Balaban J connectivity index is 1.57. The lowest BCUT2D eigenvalue weighted by atomic mass is 9.71. The summed E-state index contributed by atoms with van der Waals surface area (Å²) in [4.78, 5) is 22.7. The smallest absolute Gasteiger partial charge is 0.232 e. The number of hydrogen-bond donors (Lipinski definition) is 1. The van der Waals surface area contributed by atoms with E-state index in [1.807, 2.05) is 49.7 Å². The van der Waals surface area contributed by atoms with E-state index in [4.69, 9.17) is 14.5 Å². The molecule has 0 bridgehead atoms. The largest absolute Gasteiger partial charge is 0.493 e. The molecule has 2 aliphatic rings. The first kappa shape index (κ1) is 22.1. The summed E-state index contributed by atoms with van der Waals surface area (Å²) < 4.78 is 10.7. The van der Waals surface area contributed by atoms with Gasteiger partial charge in [-0.1, -0.05) is 25.0 Å². The monoisotopic (exact) mass is 433 g/mol. The molecule has 0 spiro atoms. The Morgan fingerprint density at radius 1 is 1.16 bits per heavy atom. The lowest BCUT2D eigenvalue weighted by Crippen LogP contribution is -2.47. The van der Waals surface area contributed by atoms with E-state index in [2.05, 4.69) is 10.3 Å². The number of aliphatic imine (C=N–C) groups is 1. The fourth-order valence-electron chi connectivity index (χ4n) is 4.86. The molecule has 0 saturated heterocycles. The maximum Gasteiger partial charge on any atom is 0.232 e. The van der Waals surface area contributed by atoms with Crippen molar-refractivity contribution in [3.63, 3.8) is 0 Å². The van der Waals surface area contributed by atoms with Crippen LogP contribution in [0.5, 0.6) is 11.5 Å². The van der Waals surface area contributed by atoms with E-state index in [9.17, 15) is 4.79 Å². The Hall–Kier alpha value is -3.15. The van der Waals surface area contributed by atoms with Crippen molar-refractivity contribution < 1.29 is 14.3 Å². The molecule has 1 aliphatic carbocycles. The molecule has 168 valence electrons. The second-order valence-corrected chi connectivity index (χ2v) is 8.77. The van der Waals surface area contributed by atoms with Crippen molar-refractivity contribution >= 4 is 17.2 Å². The highest BCUT2D eigenvalue weighted by atomic mass is 16.5. The Kier molecular flexibility index (Phi) is 6.58. The third-order valence-corrected chi connectivity index (χ3v) is 6.65. The normalized spacial score (nSPS) is 21.0. The number of nitrogens with one attached hydrogen (secondary N) is 1. The van der Waals surface area contributed by atoms with Crippen LogP contribution in [-0.2, 0) is 11.3 Å². The molecule has 1 saturated carbocycles. The zero-order chi connectivity index (χ0) is 22.6. The van der Waals surface area contributed by atoms with Crippen molar-refractivity contribution in [1.29, 1.82) is 0 Å². The number of carbonyl (C=O) groups is 1. The van der Waals surface area contributed by atoms with Gasteiger partial charge in [0.2, 0.25) is 5.91 Å². The van der Waals surface area contributed by atoms with Crippen LogP contribution in [0.4, 0.5) is 0 Å². The van der Waals surface area contributed by atoms with E-state index in [0.717, 1.165) is 35.3 Å². The molecule has 2 aromatic rings. The average Bonchev–Trinajstić information content (AvgIpc) is 3.37. The van der Waals surface area contributed by atoms with Crippen LogP contribution in [0.15, 0.2) is 53.9 Å². The van der Waals surface area contributed by atoms with Gasteiger partial charge in [-0.3, -0.25) is 14.8 Å². The molecule has 1 aliphatic heterocycles. The summed E-state index contributed by atoms with van der Waals surface area (Å²) in [6.07, 6.45) is 10.8. The molecular weight excluding hydrogens is 402 g/mol. The fraction of sp³-hybridized carbons (Fsp3) is 0.423. The van der Waals surface area contributed by atoms with Crippen LogP contribution < -0.4 is 14.8 Å². The second kappa shape index (κ2) is 9.55. The van der Waals surface area contributed by atoms with Gasteiger partial charge < -0.3 is 14.8 Å². The Morgan fingerprint density at radius 2 is 1.94 bits per heavy atom. The van der Waals surface area contributed by atoms with E-state index in [0.29, 0.717) is 30.4 Å². The average molecular weight is 434 g/mol. The predicted octanol–water partition coefficient (Wildman–Crippen LogP) is 4.80. The van der Waals surface area contributed by atoms with Gasteiger partial charge in [-0.2, -0.15) is 0 Å². The molecule has 1 N–H and O–H groups in total. The van der Waals surface area contributed by atoms with Crippen molar-refractivity contribution in [3.05, 3.63) is 60.1 Å². The molecule has 1 unspecified atom stereocenters. The minimum Gasteiger partial charge on any atom is -0.493 e. The number of hydrogen-bond acceptors (Lipinski definition) is 5. The minimum atomic E-state index is -0.689. The molecule has 1 aromatic heterocycles. The molecular formula is C26H31N3O3. The van der Waals surface area contributed by atoms with Gasteiger partial charge in [-0.25, -0.2) is 0 Å². The fourth-order valence-corrected chi connectivity index (χ4v) is 4.86. The second-order valence-electron chi connectivity index (χ2n) is 8.77. The van der Waals surface area contributed by atoms with Crippen LogP contribution in [0.3, 0.4) is 0 Å². The summed E-state index contributed by atoms with van der Waals surface area (Å²) in [7, 11) is 3.22. The number of methoxy groups -OCH3 is 2. The van der Waals surface area contributed by atoms with Gasteiger partial charge in [0.25, 0.3) is 0 Å². The number of rotatable bonds is 7. The molecule has 6 heteroatoms. The van der Waals surface area contributed by atoms with Gasteiger partial charge in [-0.15, -0.1) is 0 Å². The number of ether oxygens (including phenoxy) is 2. The maximum absolute atomic E-state index is 13.6. The number of nitrogens with zero attached hydrogens (tertiary/aromatic N) is 2. The summed E-state index contributed by atoms with van der Waals surface area (Å²) in [5, 5.41) is 3.16. The summed E-state index contributed by atoms with van der Waals surface area (Å²) in [6.45, 7) is 2.45. The lowest BCUT2D eigenvalue weighted by molar-refractivity contribution is -0.127. The van der Waals surface area contributed by atoms with E-state index in [1.165, 1.54) is 12.8 Å². The summed E-state index contributed by atoms with van der Waals surface area (Å²) >= 11 is 0. The van der Waals surface area contributed by atoms with E-state index < -0.39 is 5.41 Å². The first-order valence-corrected chi connectivity index (χ1v) is 11.2. The zero-order valence-corrected chi connectivity index (χ0v) is 19.1. The van der Waals surface area contributed by atoms with E-state index in [1.54, 1.807) is 20.4 Å². The third-order valence-electron chi connectivity index (χ3n) is 6.65. The van der Waals surface area contributed by atoms with Crippen molar-refractivity contribution in [2.45, 2.75) is 45.6 Å². The molecule has 0 radical (unpaired) electrons. The first-order valence-electron chi connectivity index (χ1n) is 11.2. The summed E-state index contributed by atoms with van der Waals surface area (Å²) in [5.41, 5.74) is 3.35. The molecule has 2 heterocycles. The minimum absolute atomic E-state index is 0.00688. The summed E-state index contributed by atoms with van der Waals surface area (Å²) in [5.74, 6) is 1.70. The van der Waals surface area contributed by atoms with Gasteiger partial charge in [0, 0.05) is 30.9 Å². The Labute approximate surface area is 189 Å². The van der Waals surface area contributed by atoms with Gasteiger partial charge in [-0.05, 0) is 67.0 Å². The number of pyridine rings is 1.